The van der Waals surface area contributed by atoms with Crippen molar-refractivity contribution < 1.29 is 0 Å². The van der Waals surface area contributed by atoms with Gasteiger partial charge in [0.05, 0.1) is 16.7 Å². The molecule has 0 spiro atoms. The van der Waals surface area contributed by atoms with E-state index in [4.69, 9.17) is 19.9 Å². The molecule has 5 heteroatoms. The Morgan fingerprint density at radius 3 is 1.46 bits per heavy atom. The van der Waals surface area contributed by atoms with Gasteiger partial charge < -0.3 is 0 Å². The normalized spacial score (nSPS) is 12.8. The van der Waals surface area contributed by atoms with Crippen LogP contribution in [0.1, 0.15) is 22.5 Å². The molecule has 0 saturated carbocycles. The van der Waals surface area contributed by atoms with Gasteiger partial charge in [-0.05, 0) is 52.1 Å². The predicted octanol–water partition coefficient (Wildman–Crippen LogP) is 10.6. The average molecular weight is 666 g/mol. The summed E-state index contributed by atoms with van der Waals surface area (Å²) in [6.45, 7) is 0. The van der Waals surface area contributed by atoms with E-state index >= 15 is 0 Å². The number of imidazole rings is 1. The summed E-state index contributed by atoms with van der Waals surface area (Å²) >= 11 is 0. The minimum atomic E-state index is -0.566. The molecule has 244 valence electrons. The monoisotopic (exact) mass is 665 g/mol. The van der Waals surface area contributed by atoms with Crippen LogP contribution < -0.4 is 0 Å². The first-order valence-corrected chi connectivity index (χ1v) is 17.5. The van der Waals surface area contributed by atoms with Crippen molar-refractivity contribution in [1.29, 1.82) is 0 Å². The van der Waals surface area contributed by atoms with Crippen LogP contribution >= 0.6 is 0 Å². The number of fused-ring (bicyclic) bond motifs is 5. The summed E-state index contributed by atoms with van der Waals surface area (Å²) in [4.78, 5) is 20.3. The highest BCUT2D eigenvalue weighted by atomic mass is 15.1. The fraction of sp³-hybridized carbons (Fsp3) is 0.0213. The molecular formula is C47H31N5. The Labute approximate surface area is 301 Å². The van der Waals surface area contributed by atoms with Crippen LogP contribution in [0.4, 0.5) is 0 Å². The van der Waals surface area contributed by atoms with Gasteiger partial charge >= 0.3 is 0 Å². The third kappa shape index (κ3) is 4.71. The number of aromatic nitrogens is 5. The maximum Gasteiger partial charge on any atom is 0.164 e. The van der Waals surface area contributed by atoms with E-state index in [1.54, 1.807) is 0 Å². The van der Waals surface area contributed by atoms with Gasteiger partial charge in [0.1, 0.15) is 11.2 Å². The van der Waals surface area contributed by atoms with Crippen molar-refractivity contribution in [2.75, 3.05) is 0 Å². The third-order valence-corrected chi connectivity index (χ3v) is 10.1. The Hall–Kier alpha value is -6.98. The van der Waals surface area contributed by atoms with E-state index in [1.807, 2.05) is 60.7 Å². The molecule has 1 aliphatic heterocycles. The second kappa shape index (κ2) is 12.1. The van der Waals surface area contributed by atoms with Crippen molar-refractivity contribution >= 4 is 11.0 Å². The van der Waals surface area contributed by atoms with Gasteiger partial charge in [-0.3, -0.25) is 4.57 Å². The van der Waals surface area contributed by atoms with Gasteiger partial charge in [0.25, 0.3) is 0 Å². The van der Waals surface area contributed by atoms with E-state index in [0.29, 0.717) is 17.5 Å². The molecule has 0 amide bonds. The van der Waals surface area contributed by atoms with Crippen molar-refractivity contribution in [3.05, 3.63) is 211 Å². The van der Waals surface area contributed by atoms with E-state index in [0.717, 1.165) is 50.4 Å². The van der Waals surface area contributed by atoms with Crippen LogP contribution in [-0.2, 0) is 5.41 Å². The van der Waals surface area contributed by atoms with Crippen molar-refractivity contribution in [3.8, 4) is 51.0 Å². The zero-order chi connectivity index (χ0) is 34.5. The summed E-state index contributed by atoms with van der Waals surface area (Å²) in [6.07, 6.45) is 0. The molecule has 2 aromatic heterocycles. The molecule has 0 atom stereocenters. The SMILES string of the molecule is c1ccc(-c2nc(-c3ccccc3)nc(-c3cccc(-c4ccc5c(c4)nc4n5-c5ccccc5C4(c4ccccc4)c4ccccc4)c3)n2)cc1. The molecule has 0 bridgehead atoms. The quantitative estimate of drug-likeness (QED) is 0.177. The summed E-state index contributed by atoms with van der Waals surface area (Å²) in [5.74, 6) is 2.91. The molecule has 52 heavy (non-hydrogen) atoms. The van der Waals surface area contributed by atoms with E-state index in [1.165, 1.54) is 16.7 Å². The van der Waals surface area contributed by atoms with Crippen molar-refractivity contribution in [2.24, 2.45) is 0 Å². The molecule has 7 aromatic carbocycles. The largest absolute Gasteiger partial charge is 0.295 e. The maximum atomic E-state index is 5.50. The van der Waals surface area contributed by atoms with Crippen LogP contribution in [0.5, 0.6) is 0 Å². The molecule has 0 aliphatic carbocycles. The molecule has 1 aliphatic rings. The Morgan fingerprint density at radius 1 is 0.365 bits per heavy atom. The number of nitrogens with zero attached hydrogens (tertiary/aromatic N) is 5. The molecular weight excluding hydrogens is 635 g/mol. The van der Waals surface area contributed by atoms with Crippen LogP contribution in [-0.4, -0.2) is 24.5 Å². The van der Waals surface area contributed by atoms with Crippen LogP contribution in [0.15, 0.2) is 188 Å². The third-order valence-electron chi connectivity index (χ3n) is 10.1. The molecule has 0 radical (unpaired) electrons. The highest BCUT2D eigenvalue weighted by Gasteiger charge is 2.48. The smallest absolute Gasteiger partial charge is 0.164 e. The summed E-state index contributed by atoms with van der Waals surface area (Å²) in [6, 6.07) is 65.5. The lowest BCUT2D eigenvalue weighted by Gasteiger charge is -2.30. The van der Waals surface area contributed by atoms with E-state index in [-0.39, 0.29) is 0 Å². The average Bonchev–Trinajstić information content (AvgIpc) is 3.75. The van der Waals surface area contributed by atoms with Crippen molar-refractivity contribution in [3.63, 3.8) is 0 Å². The summed E-state index contributed by atoms with van der Waals surface area (Å²) in [5.41, 5.74) is 11.2. The molecule has 0 saturated heterocycles. The Bertz CT molecular complexity index is 2620. The Kier molecular flexibility index (Phi) is 6.96. The van der Waals surface area contributed by atoms with Gasteiger partial charge in [0.15, 0.2) is 17.5 Å². The van der Waals surface area contributed by atoms with E-state index < -0.39 is 5.41 Å². The highest BCUT2D eigenvalue weighted by Crippen LogP contribution is 2.52. The number of hydrogen-bond donors (Lipinski definition) is 0. The first-order valence-electron chi connectivity index (χ1n) is 17.5. The number of benzene rings is 7. The Balaban J connectivity index is 1.12. The van der Waals surface area contributed by atoms with Crippen LogP contribution in [0.3, 0.4) is 0 Å². The Morgan fingerprint density at radius 2 is 0.846 bits per heavy atom. The molecule has 0 unspecified atom stereocenters. The fourth-order valence-electron chi connectivity index (χ4n) is 7.75. The van der Waals surface area contributed by atoms with Gasteiger partial charge in [0, 0.05) is 16.7 Å². The lowest BCUT2D eigenvalue weighted by atomic mass is 9.70. The van der Waals surface area contributed by atoms with Crippen LogP contribution in [0.2, 0.25) is 0 Å². The predicted molar refractivity (Wildman–Crippen MR) is 208 cm³/mol. The number of para-hydroxylation sites is 1. The molecule has 9 aromatic rings. The topological polar surface area (TPSA) is 56.5 Å². The molecule has 0 fully saturated rings. The minimum absolute atomic E-state index is 0.566. The van der Waals surface area contributed by atoms with Gasteiger partial charge in [-0.15, -0.1) is 0 Å². The lowest BCUT2D eigenvalue weighted by molar-refractivity contribution is 0.718. The first kappa shape index (κ1) is 29.9. The molecule has 0 N–H and O–H groups in total. The fourth-order valence-corrected chi connectivity index (χ4v) is 7.75. The second-order valence-electron chi connectivity index (χ2n) is 13.1. The van der Waals surface area contributed by atoms with Gasteiger partial charge in [-0.2, -0.15) is 0 Å². The van der Waals surface area contributed by atoms with Gasteiger partial charge in [-0.25, -0.2) is 19.9 Å². The molecule has 10 rings (SSSR count). The van der Waals surface area contributed by atoms with E-state index in [9.17, 15) is 0 Å². The van der Waals surface area contributed by atoms with Crippen LogP contribution in [0.25, 0.3) is 62.0 Å². The summed E-state index contributed by atoms with van der Waals surface area (Å²) < 4.78 is 2.35. The van der Waals surface area contributed by atoms with Gasteiger partial charge in [0.2, 0.25) is 0 Å². The number of rotatable bonds is 6. The second-order valence-corrected chi connectivity index (χ2v) is 13.1. The van der Waals surface area contributed by atoms with Gasteiger partial charge in [-0.1, -0.05) is 164 Å². The standard InChI is InChI=1S/C47H31N5/c1-5-16-32(17-6-1)43-49-44(33-18-7-2-8-19-33)51-45(50-43)36-21-15-20-34(30-36)35-28-29-42-40(31-35)48-46-47(37-22-9-3-10-23-37,38-24-11-4-12-25-38)39-26-13-14-27-41(39)52(42)46/h1-31H. The van der Waals surface area contributed by atoms with Crippen LogP contribution in [0, 0.1) is 0 Å². The minimum Gasteiger partial charge on any atom is -0.295 e. The first-order chi connectivity index (χ1) is 25.8. The zero-order valence-electron chi connectivity index (χ0n) is 28.1. The van der Waals surface area contributed by atoms with Crippen molar-refractivity contribution in [2.45, 2.75) is 5.41 Å². The maximum absolute atomic E-state index is 5.50. The summed E-state index contributed by atoms with van der Waals surface area (Å²) in [7, 11) is 0. The lowest BCUT2D eigenvalue weighted by Crippen LogP contribution is -2.29. The van der Waals surface area contributed by atoms with Crippen molar-refractivity contribution in [1.82, 2.24) is 24.5 Å². The highest BCUT2D eigenvalue weighted by molar-refractivity contribution is 5.88. The molecule has 3 heterocycles. The number of hydrogen-bond acceptors (Lipinski definition) is 4. The zero-order valence-corrected chi connectivity index (χ0v) is 28.1. The summed E-state index contributed by atoms with van der Waals surface area (Å²) in [5, 5.41) is 0. The molecule has 5 nitrogen and oxygen atoms in total. The van der Waals surface area contributed by atoms with E-state index in [2.05, 4.69) is 132 Å².